The van der Waals surface area contributed by atoms with Crippen molar-refractivity contribution in [3.63, 3.8) is 0 Å². The average Bonchev–Trinajstić information content (AvgIpc) is 2.33. The number of amides is 1. The van der Waals surface area contributed by atoms with E-state index < -0.39 is 0 Å². The SMILES string of the molecule is CC(C)CCCC(C)NC(N)=NCCNC(=O)C(C)C.I. The lowest BCUT2D eigenvalue weighted by Crippen LogP contribution is -2.39. The Balaban J connectivity index is 0. The fraction of sp³-hybridized carbons (Fsp3) is 0.867. The minimum Gasteiger partial charge on any atom is -0.370 e. The van der Waals surface area contributed by atoms with Crippen molar-refractivity contribution in [2.45, 2.75) is 59.9 Å². The van der Waals surface area contributed by atoms with E-state index in [0.29, 0.717) is 25.1 Å². The van der Waals surface area contributed by atoms with Gasteiger partial charge in [0.2, 0.25) is 5.91 Å². The van der Waals surface area contributed by atoms with Crippen LogP contribution >= 0.6 is 24.0 Å². The first-order valence-corrected chi connectivity index (χ1v) is 7.67. The molecule has 0 bridgehead atoms. The summed E-state index contributed by atoms with van der Waals surface area (Å²) in [5, 5.41) is 5.99. The molecule has 0 aliphatic carbocycles. The minimum absolute atomic E-state index is 0. The normalized spacial score (nSPS) is 13.0. The highest BCUT2D eigenvalue weighted by atomic mass is 127. The van der Waals surface area contributed by atoms with E-state index >= 15 is 0 Å². The maximum Gasteiger partial charge on any atom is 0.222 e. The van der Waals surface area contributed by atoms with Crippen LogP contribution in [0, 0.1) is 11.8 Å². The number of carbonyl (C=O) groups excluding carboxylic acids is 1. The Kier molecular flexibility index (Phi) is 14.2. The standard InChI is InChI=1S/C15H32N4O.HI/c1-11(2)7-6-8-13(5)19-15(16)18-10-9-17-14(20)12(3)4;/h11-13H,6-10H2,1-5H3,(H,17,20)(H3,16,18,19);1H. The highest BCUT2D eigenvalue weighted by molar-refractivity contribution is 14.0. The number of nitrogens with one attached hydrogen (secondary N) is 2. The smallest absolute Gasteiger partial charge is 0.222 e. The molecule has 1 amide bonds. The van der Waals surface area contributed by atoms with E-state index in [1.54, 1.807) is 0 Å². The summed E-state index contributed by atoms with van der Waals surface area (Å²) in [5.41, 5.74) is 5.81. The van der Waals surface area contributed by atoms with Crippen LogP contribution in [0.4, 0.5) is 0 Å². The molecule has 1 atom stereocenters. The van der Waals surface area contributed by atoms with Crippen LogP contribution in [0.5, 0.6) is 0 Å². The van der Waals surface area contributed by atoms with Gasteiger partial charge in [0.1, 0.15) is 0 Å². The zero-order valence-electron chi connectivity index (χ0n) is 14.1. The van der Waals surface area contributed by atoms with E-state index in [1.165, 1.54) is 12.8 Å². The van der Waals surface area contributed by atoms with E-state index in [0.717, 1.165) is 12.3 Å². The van der Waals surface area contributed by atoms with Gasteiger partial charge in [0, 0.05) is 18.5 Å². The van der Waals surface area contributed by atoms with Crippen molar-refractivity contribution in [3.8, 4) is 0 Å². The van der Waals surface area contributed by atoms with Crippen LogP contribution in [-0.4, -0.2) is 31.0 Å². The fourth-order valence-electron chi connectivity index (χ4n) is 1.76. The second kappa shape index (κ2) is 13.2. The molecule has 0 saturated carbocycles. The van der Waals surface area contributed by atoms with E-state index in [9.17, 15) is 4.79 Å². The summed E-state index contributed by atoms with van der Waals surface area (Å²) in [6.07, 6.45) is 3.53. The first-order chi connectivity index (χ1) is 9.32. The topological polar surface area (TPSA) is 79.5 Å². The number of hydrogen-bond acceptors (Lipinski definition) is 2. The van der Waals surface area contributed by atoms with Gasteiger partial charge in [-0.3, -0.25) is 9.79 Å². The van der Waals surface area contributed by atoms with Crippen molar-refractivity contribution in [3.05, 3.63) is 0 Å². The molecule has 0 aromatic rings. The van der Waals surface area contributed by atoms with Gasteiger partial charge in [-0.15, -0.1) is 24.0 Å². The molecule has 0 fully saturated rings. The van der Waals surface area contributed by atoms with Crippen molar-refractivity contribution in [1.29, 1.82) is 0 Å². The highest BCUT2D eigenvalue weighted by Crippen LogP contribution is 2.07. The molecule has 21 heavy (non-hydrogen) atoms. The predicted molar refractivity (Wildman–Crippen MR) is 101 cm³/mol. The number of carbonyl (C=O) groups is 1. The molecule has 126 valence electrons. The van der Waals surface area contributed by atoms with Crippen LogP contribution in [0.1, 0.15) is 53.9 Å². The third kappa shape index (κ3) is 14.2. The molecule has 4 N–H and O–H groups in total. The van der Waals surface area contributed by atoms with Gasteiger partial charge in [0.25, 0.3) is 0 Å². The number of nitrogens with zero attached hydrogens (tertiary/aromatic N) is 1. The lowest BCUT2D eigenvalue weighted by atomic mass is 10.0. The average molecular weight is 412 g/mol. The molecule has 0 aromatic heterocycles. The summed E-state index contributed by atoms with van der Waals surface area (Å²) < 4.78 is 0. The number of nitrogens with two attached hydrogens (primary N) is 1. The predicted octanol–water partition coefficient (Wildman–Crippen LogP) is 2.50. The molecule has 0 spiro atoms. The maximum atomic E-state index is 11.3. The molecule has 0 heterocycles. The second-order valence-electron chi connectivity index (χ2n) is 6.08. The van der Waals surface area contributed by atoms with E-state index in [1.807, 2.05) is 13.8 Å². The van der Waals surface area contributed by atoms with E-state index in [4.69, 9.17) is 5.73 Å². The number of aliphatic imine (C=N–C) groups is 1. The van der Waals surface area contributed by atoms with Gasteiger partial charge >= 0.3 is 0 Å². The number of guanidine groups is 1. The Morgan fingerprint density at radius 3 is 2.29 bits per heavy atom. The molecule has 0 aliphatic heterocycles. The first-order valence-electron chi connectivity index (χ1n) is 7.67. The highest BCUT2D eigenvalue weighted by Gasteiger charge is 2.05. The number of halogens is 1. The van der Waals surface area contributed by atoms with Crippen LogP contribution in [-0.2, 0) is 4.79 Å². The van der Waals surface area contributed by atoms with Gasteiger partial charge in [-0.2, -0.15) is 0 Å². The van der Waals surface area contributed by atoms with Gasteiger partial charge in [0.05, 0.1) is 6.54 Å². The van der Waals surface area contributed by atoms with Crippen LogP contribution < -0.4 is 16.4 Å². The van der Waals surface area contributed by atoms with Crippen molar-refractivity contribution in [2.24, 2.45) is 22.6 Å². The lowest BCUT2D eigenvalue weighted by Gasteiger charge is -2.15. The van der Waals surface area contributed by atoms with Crippen LogP contribution in [0.3, 0.4) is 0 Å². The Morgan fingerprint density at radius 1 is 1.14 bits per heavy atom. The van der Waals surface area contributed by atoms with E-state index in [2.05, 4.69) is 36.4 Å². The third-order valence-electron chi connectivity index (χ3n) is 3.03. The molecule has 0 aliphatic rings. The summed E-state index contributed by atoms with van der Waals surface area (Å²) in [5.74, 6) is 1.27. The maximum absolute atomic E-state index is 11.3. The monoisotopic (exact) mass is 412 g/mol. The summed E-state index contributed by atoms with van der Waals surface area (Å²) in [4.78, 5) is 15.5. The minimum atomic E-state index is 0. The van der Waals surface area contributed by atoms with Gasteiger partial charge in [-0.1, -0.05) is 40.5 Å². The van der Waals surface area contributed by atoms with Crippen molar-refractivity contribution < 1.29 is 4.79 Å². The summed E-state index contributed by atoms with van der Waals surface area (Å²) in [6.45, 7) is 11.4. The Bertz CT molecular complexity index is 306. The zero-order chi connectivity index (χ0) is 15.5. The first kappa shape index (κ1) is 22.7. The van der Waals surface area contributed by atoms with Crippen molar-refractivity contribution in [2.75, 3.05) is 13.1 Å². The Hall–Kier alpha value is -0.530. The summed E-state index contributed by atoms with van der Waals surface area (Å²) >= 11 is 0. The van der Waals surface area contributed by atoms with Crippen LogP contribution in [0.15, 0.2) is 4.99 Å². The molecule has 0 aromatic carbocycles. The molecule has 0 saturated heterocycles. The molecule has 1 unspecified atom stereocenters. The van der Waals surface area contributed by atoms with E-state index in [-0.39, 0.29) is 35.8 Å². The molecule has 6 heteroatoms. The quantitative estimate of drug-likeness (QED) is 0.236. The van der Waals surface area contributed by atoms with Crippen molar-refractivity contribution in [1.82, 2.24) is 10.6 Å². The second-order valence-corrected chi connectivity index (χ2v) is 6.08. The fourth-order valence-corrected chi connectivity index (χ4v) is 1.76. The van der Waals surface area contributed by atoms with Crippen LogP contribution in [0.2, 0.25) is 0 Å². The molecular weight excluding hydrogens is 379 g/mol. The summed E-state index contributed by atoms with van der Waals surface area (Å²) in [7, 11) is 0. The summed E-state index contributed by atoms with van der Waals surface area (Å²) in [6, 6.07) is 0.336. The Morgan fingerprint density at radius 2 is 1.76 bits per heavy atom. The van der Waals surface area contributed by atoms with Gasteiger partial charge in [-0.05, 0) is 19.3 Å². The molecular formula is C15H33IN4O. The van der Waals surface area contributed by atoms with Gasteiger partial charge in [0.15, 0.2) is 5.96 Å². The molecule has 5 nitrogen and oxygen atoms in total. The Labute approximate surface area is 146 Å². The molecule has 0 rings (SSSR count). The number of rotatable bonds is 9. The zero-order valence-corrected chi connectivity index (χ0v) is 16.4. The van der Waals surface area contributed by atoms with Crippen molar-refractivity contribution >= 4 is 35.8 Å². The van der Waals surface area contributed by atoms with Gasteiger partial charge < -0.3 is 16.4 Å². The largest absolute Gasteiger partial charge is 0.370 e. The van der Waals surface area contributed by atoms with Gasteiger partial charge in [-0.25, -0.2) is 0 Å². The third-order valence-corrected chi connectivity index (χ3v) is 3.03. The van der Waals surface area contributed by atoms with Crippen LogP contribution in [0.25, 0.3) is 0 Å². The molecule has 0 radical (unpaired) electrons. The lowest BCUT2D eigenvalue weighted by molar-refractivity contribution is -0.123. The number of hydrogen-bond donors (Lipinski definition) is 3.